The molecule has 2 atom stereocenters. The van der Waals surface area contributed by atoms with E-state index in [1.165, 1.54) is 22.4 Å². The van der Waals surface area contributed by atoms with E-state index in [1.54, 1.807) is 0 Å². The fourth-order valence-electron chi connectivity index (χ4n) is 3.22. The normalized spacial score (nSPS) is 26.4. The predicted molar refractivity (Wildman–Crippen MR) is 87.5 cm³/mol. The molecule has 1 aromatic rings. The molecular weight excluding hydrogens is 266 g/mol. The molecule has 112 valence electrons. The largest absolute Gasteiger partial charge is 0.394 e. The lowest BCUT2D eigenvalue weighted by molar-refractivity contribution is 0.156. The topological polar surface area (TPSA) is 32.3 Å². The molecule has 2 unspecified atom stereocenters. The Morgan fingerprint density at radius 2 is 2.15 bits per heavy atom. The smallest absolute Gasteiger partial charge is 0.0613 e. The van der Waals surface area contributed by atoms with Crippen LogP contribution in [-0.2, 0) is 0 Å². The van der Waals surface area contributed by atoms with E-state index >= 15 is 0 Å². The molecule has 1 fully saturated rings. The third-order valence-corrected chi connectivity index (χ3v) is 5.53. The van der Waals surface area contributed by atoms with Crippen molar-refractivity contribution in [2.24, 2.45) is 0 Å². The number of benzene rings is 1. The molecule has 2 rings (SSSR count). The number of thioether (sulfide) groups is 1. The van der Waals surface area contributed by atoms with Crippen molar-refractivity contribution in [1.82, 2.24) is 5.32 Å². The van der Waals surface area contributed by atoms with Gasteiger partial charge in [0.25, 0.3) is 0 Å². The van der Waals surface area contributed by atoms with E-state index in [4.69, 9.17) is 0 Å². The maximum atomic E-state index is 9.77. The second-order valence-corrected chi connectivity index (χ2v) is 7.83. The van der Waals surface area contributed by atoms with Gasteiger partial charge in [-0.1, -0.05) is 31.5 Å². The van der Waals surface area contributed by atoms with Gasteiger partial charge in [-0.05, 0) is 44.7 Å². The van der Waals surface area contributed by atoms with Crippen LogP contribution in [0, 0.1) is 13.8 Å². The van der Waals surface area contributed by atoms with Crippen molar-refractivity contribution in [2.45, 2.75) is 68.7 Å². The first-order chi connectivity index (χ1) is 9.44. The minimum atomic E-state index is -0.0650. The summed E-state index contributed by atoms with van der Waals surface area (Å²) in [6.45, 7) is 8.88. The van der Waals surface area contributed by atoms with Gasteiger partial charge in [-0.2, -0.15) is 0 Å². The fraction of sp³-hybridized carbons (Fsp3) is 0.647. The van der Waals surface area contributed by atoms with E-state index in [-0.39, 0.29) is 12.1 Å². The zero-order valence-corrected chi connectivity index (χ0v) is 13.9. The molecule has 0 heterocycles. The molecule has 2 nitrogen and oxygen atoms in total. The average Bonchev–Trinajstić information content (AvgIpc) is 2.76. The Morgan fingerprint density at radius 3 is 2.75 bits per heavy atom. The predicted octanol–water partition coefficient (Wildman–Crippen LogP) is 3.68. The van der Waals surface area contributed by atoms with Crippen LogP contribution in [0.15, 0.2) is 23.1 Å². The SMILES string of the molecule is Cc1ccc(SC2CCC(CO)(NC(C)C)C2)c(C)c1. The van der Waals surface area contributed by atoms with Gasteiger partial charge in [0.15, 0.2) is 0 Å². The van der Waals surface area contributed by atoms with Gasteiger partial charge in [0.05, 0.1) is 6.61 Å². The summed E-state index contributed by atoms with van der Waals surface area (Å²) < 4.78 is 0. The maximum absolute atomic E-state index is 9.77. The first kappa shape index (κ1) is 15.9. The Kier molecular flexibility index (Phi) is 5.16. The van der Waals surface area contributed by atoms with Crippen molar-refractivity contribution in [3.63, 3.8) is 0 Å². The average molecular weight is 293 g/mol. The van der Waals surface area contributed by atoms with Crippen molar-refractivity contribution >= 4 is 11.8 Å². The van der Waals surface area contributed by atoms with Crippen LogP contribution in [0.3, 0.4) is 0 Å². The van der Waals surface area contributed by atoms with Gasteiger partial charge in [0, 0.05) is 21.7 Å². The lowest BCUT2D eigenvalue weighted by Gasteiger charge is -2.31. The van der Waals surface area contributed by atoms with Crippen LogP contribution in [0.25, 0.3) is 0 Å². The van der Waals surface area contributed by atoms with Crippen LogP contribution in [0.4, 0.5) is 0 Å². The highest BCUT2D eigenvalue weighted by Gasteiger charge is 2.39. The molecule has 0 bridgehead atoms. The summed E-state index contributed by atoms with van der Waals surface area (Å²) in [5.74, 6) is 0. The lowest BCUT2D eigenvalue weighted by Crippen LogP contribution is -2.49. The van der Waals surface area contributed by atoms with Gasteiger partial charge in [0.1, 0.15) is 0 Å². The third kappa shape index (κ3) is 3.78. The van der Waals surface area contributed by atoms with Crippen LogP contribution < -0.4 is 5.32 Å². The Balaban J connectivity index is 2.02. The van der Waals surface area contributed by atoms with Gasteiger partial charge in [-0.3, -0.25) is 0 Å². The Morgan fingerprint density at radius 1 is 1.40 bits per heavy atom. The molecule has 1 aromatic carbocycles. The summed E-state index contributed by atoms with van der Waals surface area (Å²) in [5.41, 5.74) is 2.63. The summed E-state index contributed by atoms with van der Waals surface area (Å²) in [6.07, 6.45) is 3.31. The zero-order chi connectivity index (χ0) is 14.8. The number of aliphatic hydroxyl groups is 1. The molecule has 1 aliphatic carbocycles. The molecule has 0 amide bonds. The van der Waals surface area contributed by atoms with Gasteiger partial charge >= 0.3 is 0 Å². The number of rotatable bonds is 5. The first-order valence-corrected chi connectivity index (χ1v) is 8.44. The van der Waals surface area contributed by atoms with Crippen molar-refractivity contribution in [1.29, 1.82) is 0 Å². The van der Waals surface area contributed by atoms with E-state index in [1.807, 2.05) is 11.8 Å². The number of hydrogen-bond donors (Lipinski definition) is 2. The lowest BCUT2D eigenvalue weighted by atomic mass is 9.98. The van der Waals surface area contributed by atoms with E-state index in [2.05, 4.69) is 51.2 Å². The number of hydrogen-bond acceptors (Lipinski definition) is 3. The molecule has 0 aromatic heterocycles. The summed E-state index contributed by atoms with van der Waals surface area (Å²) in [5, 5.41) is 14.0. The van der Waals surface area contributed by atoms with E-state index < -0.39 is 0 Å². The third-order valence-electron chi connectivity index (χ3n) is 4.08. The van der Waals surface area contributed by atoms with E-state index in [0.29, 0.717) is 11.3 Å². The van der Waals surface area contributed by atoms with Gasteiger partial charge in [-0.15, -0.1) is 11.8 Å². The Labute approximate surface area is 127 Å². The van der Waals surface area contributed by atoms with Crippen LogP contribution in [0.2, 0.25) is 0 Å². The molecule has 0 spiro atoms. The highest BCUT2D eigenvalue weighted by molar-refractivity contribution is 8.00. The fourth-order valence-corrected chi connectivity index (χ4v) is 4.61. The van der Waals surface area contributed by atoms with Gasteiger partial charge in [0.2, 0.25) is 0 Å². The standard InChI is InChI=1S/C17H27NOS/c1-12(2)18-17(11-19)8-7-15(10-17)20-16-6-5-13(3)9-14(16)4/h5-6,9,12,15,18-19H,7-8,10-11H2,1-4H3. The van der Waals surface area contributed by atoms with Crippen LogP contribution in [0.1, 0.15) is 44.2 Å². The van der Waals surface area contributed by atoms with Gasteiger partial charge in [-0.25, -0.2) is 0 Å². The summed E-state index contributed by atoms with van der Waals surface area (Å²) in [6, 6.07) is 7.11. The maximum Gasteiger partial charge on any atom is 0.0613 e. The molecular formula is C17H27NOS. The highest BCUT2D eigenvalue weighted by Crippen LogP contribution is 2.41. The molecule has 0 saturated heterocycles. The van der Waals surface area contributed by atoms with Crippen LogP contribution in [-0.4, -0.2) is 28.5 Å². The van der Waals surface area contributed by atoms with Crippen molar-refractivity contribution in [3.05, 3.63) is 29.3 Å². The highest BCUT2D eigenvalue weighted by atomic mass is 32.2. The van der Waals surface area contributed by atoms with Crippen molar-refractivity contribution < 1.29 is 5.11 Å². The van der Waals surface area contributed by atoms with Crippen molar-refractivity contribution in [3.8, 4) is 0 Å². The molecule has 0 aliphatic heterocycles. The van der Waals surface area contributed by atoms with Crippen molar-refractivity contribution in [2.75, 3.05) is 6.61 Å². The number of nitrogens with one attached hydrogen (secondary N) is 1. The molecule has 1 saturated carbocycles. The minimum Gasteiger partial charge on any atom is -0.394 e. The number of aliphatic hydroxyl groups excluding tert-OH is 1. The second-order valence-electron chi connectivity index (χ2n) is 6.49. The van der Waals surface area contributed by atoms with Crippen LogP contribution >= 0.6 is 11.8 Å². The summed E-state index contributed by atoms with van der Waals surface area (Å²) in [7, 11) is 0. The Hall–Kier alpha value is -0.510. The Bertz CT molecular complexity index is 460. The summed E-state index contributed by atoms with van der Waals surface area (Å²) in [4.78, 5) is 1.39. The molecule has 3 heteroatoms. The second kappa shape index (κ2) is 6.50. The molecule has 20 heavy (non-hydrogen) atoms. The van der Waals surface area contributed by atoms with E-state index in [0.717, 1.165) is 12.8 Å². The zero-order valence-electron chi connectivity index (χ0n) is 13.1. The first-order valence-electron chi connectivity index (χ1n) is 7.56. The molecule has 2 N–H and O–H groups in total. The van der Waals surface area contributed by atoms with Gasteiger partial charge < -0.3 is 10.4 Å². The molecule has 0 radical (unpaired) electrons. The summed E-state index contributed by atoms with van der Waals surface area (Å²) >= 11 is 1.98. The monoisotopic (exact) mass is 293 g/mol. The minimum absolute atomic E-state index is 0.0650. The van der Waals surface area contributed by atoms with E-state index in [9.17, 15) is 5.11 Å². The van der Waals surface area contributed by atoms with Crippen LogP contribution in [0.5, 0.6) is 0 Å². The quantitative estimate of drug-likeness (QED) is 0.868. The number of aryl methyl sites for hydroxylation is 2. The molecule has 1 aliphatic rings.